The van der Waals surface area contributed by atoms with Gasteiger partial charge in [-0.05, 0) is 25.7 Å². The molecule has 0 bridgehead atoms. The molecule has 0 rings (SSSR count). The smallest absolute Gasteiger partial charge is 0.357 e. The molecule has 0 aliphatic heterocycles. The molecule has 7 heteroatoms. The minimum absolute atomic E-state index is 0.262. The van der Waals surface area contributed by atoms with Gasteiger partial charge < -0.3 is 20.2 Å². The second-order valence-electron chi connectivity index (χ2n) is 3.47. The maximum atomic E-state index is 11.4. The van der Waals surface area contributed by atoms with Crippen LogP contribution in [0.3, 0.4) is 0 Å². The molecule has 2 N–H and O–H groups in total. The second kappa shape index (κ2) is 5.84. The number of carbonyl (C=O) groups excluding carboxylic acids is 1. The van der Waals surface area contributed by atoms with Gasteiger partial charge >= 0.3 is 11.8 Å². The zero-order valence-corrected chi connectivity index (χ0v) is 9.44. The molecular weight excluding hydrogens is 214 g/mol. The average molecular weight is 229 g/mol. The van der Waals surface area contributed by atoms with E-state index in [-0.39, 0.29) is 6.61 Å². The lowest BCUT2D eigenvalue weighted by Crippen LogP contribution is -2.45. The number of nitrogens with one attached hydrogen (secondary N) is 2. The van der Waals surface area contributed by atoms with Crippen LogP contribution in [0.1, 0.15) is 20.8 Å². The van der Waals surface area contributed by atoms with E-state index in [1.165, 1.54) is 6.20 Å². The summed E-state index contributed by atoms with van der Waals surface area (Å²) in [7, 11) is 0. The monoisotopic (exact) mass is 229 g/mol. The van der Waals surface area contributed by atoms with Crippen molar-refractivity contribution in [3.63, 3.8) is 0 Å². The number of amidine groups is 1. The molecule has 16 heavy (non-hydrogen) atoms. The predicted molar refractivity (Wildman–Crippen MR) is 57.7 cm³/mol. The van der Waals surface area contributed by atoms with Gasteiger partial charge in [0.05, 0.1) is 12.7 Å². The summed E-state index contributed by atoms with van der Waals surface area (Å²) in [6.07, 6.45) is 2.14. The Bertz CT molecular complexity index is 323. The van der Waals surface area contributed by atoms with Gasteiger partial charge in [0.25, 0.3) is 0 Å². The van der Waals surface area contributed by atoms with Crippen LogP contribution in [-0.4, -0.2) is 28.9 Å². The largest absolute Gasteiger partial charge is 0.464 e. The molecule has 0 saturated heterocycles. The molecular formula is C9H15N3O4. The summed E-state index contributed by atoms with van der Waals surface area (Å²) in [5.41, 5.74) is -0.983. The van der Waals surface area contributed by atoms with Gasteiger partial charge in [-0.15, -0.1) is 0 Å². The van der Waals surface area contributed by atoms with Crippen molar-refractivity contribution in [1.29, 1.82) is 5.41 Å². The fraction of sp³-hybridized carbons (Fsp3) is 0.556. The molecule has 0 fully saturated rings. The molecule has 90 valence electrons. The minimum Gasteiger partial charge on any atom is -0.464 e. The van der Waals surface area contributed by atoms with Gasteiger partial charge in [-0.25, -0.2) is 4.79 Å². The highest BCUT2D eigenvalue weighted by Gasteiger charge is 2.27. The molecule has 0 aromatic rings. The van der Waals surface area contributed by atoms with E-state index in [1.807, 2.05) is 0 Å². The van der Waals surface area contributed by atoms with Crippen LogP contribution in [0.15, 0.2) is 12.3 Å². The minimum atomic E-state index is -0.983. The highest BCUT2D eigenvalue weighted by atomic mass is 16.6. The van der Waals surface area contributed by atoms with Crippen molar-refractivity contribution in [3.8, 4) is 0 Å². The van der Waals surface area contributed by atoms with Crippen LogP contribution in [0.5, 0.6) is 0 Å². The fourth-order valence-corrected chi connectivity index (χ4v) is 0.760. The van der Waals surface area contributed by atoms with E-state index in [9.17, 15) is 14.9 Å². The molecule has 0 aliphatic rings. The Labute approximate surface area is 93.1 Å². The van der Waals surface area contributed by atoms with Gasteiger partial charge in [0.2, 0.25) is 0 Å². The van der Waals surface area contributed by atoms with E-state index in [1.54, 1.807) is 20.8 Å². The summed E-state index contributed by atoms with van der Waals surface area (Å²) in [5, 5.41) is 19.6. The third-order valence-electron chi connectivity index (χ3n) is 1.67. The first-order valence-electron chi connectivity index (χ1n) is 4.65. The van der Waals surface area contributed by atoms with Crippen LogP contribution in [0.4, 0.5) is 0 Å². The Morgan fingerprint density at radius 3 is 2.62 bits per heavy atom. The van der Waals surface area contributed by atoms with Crippen LogP contribution in [0.25, 0.3) is 0 Å². The number of hydrogen-bond acceptors (Lipinski definition) is 6. The zero-order valence-electron chi connectivity index (χ0n) is 9.44. The Morgan fingerprint density at radius 1 is 1.62 bits per heavy atom. The summed E-state index contributed by atoms with van der Waals surface area (Å²) < 4.78 is 4.79. The van der Waals surface area contributed by atoms with E-state index in [0.29, 0.717) is 0 Å². The zero-order chi connectivity index (χ0) is 12.8. The van der Waals surface area contributed by atoms with Gasteiger partial charge in [0, 0.05) is 6.20 Å². The number of carbonyl (C=O) groups is 1. The van der Waals surface area contributed by atoms with Gasteiger partial charge in [-0.1, -0.05) is 5.41 Å². The summed E-state index contributed by atoms with van der Waals surface area (Å²) in [5.74, 6) is -1.22. The molecule has 0 amide bonds. The van der Waals surface area contributed by atoms with Crippen LogP contribution in [-0.2, 0) is 9.53 Å². The molecule has 0 spiro atoms. The SMILES string of the molecule is CCOC(=O)C(C)(C)N/C=C\C(=N)[N+](=O)[O-]. The maximum Gasteiger partial charge on any atom is 0.357 e. The lowest BCUT2D eigenvalue weighted by atomic mass is 10.1. The van der Waals surface area contributed by atoms with E-state index in [2.05, 4.69) is 5.32 Å². The van der Waals surface area contributed by atoms with E-state index in [0.717, 1.165) is 6.08 Å². The first-order valence-corrected chi connectivity index (χ1v) is 4.65. The molecule has 0 aromatic carbocycles. The van der Waals surface area contributed by atoms with Gasteiger partial charge in [-0.3, -0.25) is 0 Å². The molecule has 0 radical (unpaired) electrons. The van der Waals surface area contributed by atoms with Crippen molar-refractivity contribution in [2.24, 2.45) is 0 Å². The summed E-state index contributed by atoms with van der Waals surface area (Å²) in [6.45, 7) is 5.10. The molecule has 0 aromatic heterocycles. The standard InChI is InChI=1S/C9H15N3O4/c1-4-16-8(13)9(2,3)11-6-5-7(10)12(14)15/h5-6,10-11H,4H2,1-3H3/b6-5-,10-7?. The summed E-state index contributed by atoms with van der Waals surface area (Å²) >= 11 is 0. The van der Waals surface area contributed by atoms with Crippen LogP contribution in [0, 0.1) is 15.5 Å². The fourth-order valence-electron chi connectivity index (χ4n) is 0.760. The summed E-state index contributed by atoms with van der Waals surface area (Å²) in [4.78, 5) is 20.6. The predicted octanol–water partition coefficient (Wildman–Crippen LogP) is 0.685. The van der Waals surface area contributed by atoms with Crippen molar-refractivity contribution in [1.82, 2.24) is 5.32 Å². The normalized spacial score (nSPS) is 11.2. The van der Waals surface area contributed by atoms with Gasteiger partial charge in [0.15, 0.2) is 0 Å². The number of ether oxygens (including phenoxy) is 1. The topological polar surface area (TPSA) is 105 Å². The first-order chi connectivity index (χ1) is 7.31. The van der Waals surface area contributed by atoms with E-state index >= 15 is 0 Å². The lowest BCUT2D eigenvalue weighted by molar-refractivity contribution is -0.349. The molecule has 0 heterocycles. The van der Waals surface area contributed by atoms with Gasteiger partial charge in [-0.2, -0.15) is 0 Å². The van der Waals surface area contributed by atoms with Crippen LogP contribution >= 0.6 is 0 Å². The average Bonchev–Trinajstić information content (AvgIpc) is 2.17. The van der Waals surface area contributed by atoms with Crippen molar-refractivity contribution < 1.29 is 14.5 Å². The molecule has 0 unspecified atom stereocenters. The van der Waals surface area contributed by atoms with Crippen LogP contribution < -0.4 is 5.32 Å². The highest BCUT2D eigenvalue weighted by Crippen LogP contribution is 2.04. The Morgan fingerprint density at radius 2 is 2.19 bits per heavy atom. The third kappa shape index (κ3) is 4.54. The van der Waals surface area contributed by atoms with Crippen molar-refractivity contribution in [2.75, 3.05) is 6.61 Å². The molecule has 0 saturated carbocycles. The summed E-state index contributed by atoms with van der Waals surface area (Å²) in [6, 6.07) is 0. The Balaban J connectivity index is 4.33. The number of hydrogen-bond donors (Lipinski definition) is 2. The van der Waals surface area contributed by atoms with Crippen LogP contribution in [0.2, 0.25) is 0 Å². The molecule has 0 aliphatic carbocycles. The molecule has 0 atom stereocenters. The van der Waals surface area contributed by atoms with Gasteiger partial charge in [0.1, 0.15) is 5.54 Å². The Kier molecular flexibility index (Phi) is 5.14. The highest BCUT2D eigenvalue weighted by molar-refractivity contribution is 5.83. The van der Waals surface area contributed by atoms with Crippen molar-refractivity contribution >= 4 is 11.8 Å². The quantitative estimate of drug-likeness (QED) is 0.237. The number of nitrogens with zero attached hydrogens (tertiary/aromatic N) is 1. The third-order valence-corrected chi connectivity index (χ3v) is 1.67. The Hall–Kier alpha value is -1.92. The lowest BCUT2D eigenvalue weighted by Gasteiger charge is -2.22. The first kappa shape index (κ1) is 14.1. The van der Waals surface area contributed by atoms with Crippen molar-refractivity contribution in [2.45, 2.75) is 26.3 Å². The molecule has 7 nitrogen and oxygen atoms in total. The van der Waals surface area contributed by atoms with E-state index in [4.69, 9.17) is 10.1 Å². The van der Waals surface area contributed by atoms with Crippen molar-refractivity contribution in [3.05, 3.63) is 22.4 Å². The number of rotatable bonds is 5. The maximum absolute atomic E-state index is 11.4. The second-order valence-corrected chi connectivity index (χ2v) is 3.47. The number of esters is 1. The number of nitro groups is 1. The van der Waals surface area contributed by atoms with E-state index < -0.39 is 22.3 Å².